The van der Waals surface area contributed by atoms with Gasteiger partial charge in [0.1, 0.15) is 9.77 Å². The van der Waals surface area contributed by atoms with Crippen LogP contribution >= 0.6 is 11.3 Å². The molecule has 8 heteroatoms. The monoisotopic (exact) mass is 347 g/mol. The summed E-state index contributed by atoms with van der Waals surface area (Å²) >= 11 is 0.898. The number of nitrogen functional groups attached to an aromatic ring is 1. The van der Waals surface area contributed by atoms with Crippen LogP contribution in [0.4, 0.5) is 5.69 Å². The summed E-state index contributed by atoms with van der Waals surface area (Å²) < 4.78 is 29.1. The molecule has 0 spiro atoms. The van der Waals surface area contributed by atoms with Crippen molar-refractivity contribution in [3.63, 3.8) is 0 Å². The fourth-order valence-corrected chi connectivity index (χ4v) is 3.80. The molecule has 0 aliphatic carbocycles. The number of sulfone groups is 1. The number of rotatable bonds is 5. The van der Waals surface area contributed by atoms with E-state index in [1.807, 2.05) is 0 Å². The Hall–Kier alpha value is -1.41. The van der Waals surface area contributed by atoms with E-state index in [0.717, 1.165) is 11.3 Å². The molecule has 1 aromatic heterocycles. The van der Waals surface area contributed by atoms with Crippen molar-refractivity contribution in [2.24, 2.45) is 5.41 Å². The molecule has 1 aromatic rings. The first-order valence-corrected chi connectivity index (χ1v) is 9.13. The highest BCUT2D eigenvalue weighted by molar-refractivity contribution is 7.92. The molecule has 1 heterocycles. The van der Waals surface area contributed by atoms with Gasteiger partial charge in [-0.3, -0.25) is 4.79 Å². The van der Waals surface area contributed by atoms with Gasteiger partial charge in [0, 0.05) is 10.8 Å². The van der Waals surface area contributed by atoms with E-state index in [9.17, 15) is 18.0 Å². The van der Waals surface area contributed by atoms with E-state index < -0.39 is 26.5 Å². The van der Waals surface area contributed by atoms with Gasteiger partial charge in [0.25, 0.3) is 0 Å². The first-order valence-electron chi connectivity index (χ1n) is 6.70. The molecule has 1 rings (SSSR count). The minimum atomic E-state index is -3.56. The molecular formula is C14H21NO5S2. The zero-order valence-electron chi connectivity index (χ0n) is 13.3. The van der Waals surface area contributed by atoms with Crippen LogP contribution in [0.5, 0.6) is 0 Å². The second-order valence-corrected chi connectivity index (χ2v) is 9.54. The highest BCUT2D eigenvalue weighted by Gasteiger charge is 2.29. The summed E-state index contributed by atoms with van der Waals surface area (Å²) in [6.45, 7) is 7.85. The van der Waals surface area contributed by atoms with Crippen LogP contribution in [-0.2, 0) is 19.4 Å². The molecular weight excluding hydrogens is 326 g/mol. The molecule has 0 saturated carbocycles. The van der Waals surface area contributed by atoms with E-state index >= 15 is 0 Å². The molecule has 0 saturated heterocycles. The maximum atomic E-state index is 12.1. The smallest absolute Gasteiger partial charge is 0.350 e. The number of carbonyl (C=O) groups is 2. The second kappa shape index (κ2) is 6.37. The number of anilines is 1. The normalized spacial score (nSPS) is 12.5. The van der Waals surface area contributed by atoms with Gasteiger partial charge in [-0.2, -0.15) is 0 Å². The van der Waals surface area contributed by atoms with Crippen LogP contribution in [0.3, 0.4) is 0 Å². The fourth-order valence-electron chi connectivity index (χ4n) is 1.40. The molecule has 0 atom stereocenters. The Morgan fingerprint density at radius 1 is 1.32 bits per heavy atom. The van der Waals surface area contributed by atoms with Crippen molar-refractivity contribution >= 4 is 38.6 Å². The molecule has 0 aliphatic rings. The standard InChI is InChI=1S/C14H21NO5S2/c1-8(2)22(18,19)9-7-21-12(11(9)15)13(17)20-6-10(16)14(3,4)5/h7-8H,6,15H2,1-5H3. The molecule has 0 aromatic carbocycles. The number of nitrogens with two attached hydrogens (primary N) is 1. The number of Topliss-reactive ketones (excluding diaryl/α,β-unsaturated/α-hetero) is 1. The van der Waals surface area contributed by atoms with E-state index in [2.05, 4.69) is 0 Å². The van der Waals surface area contributed by atoms with E-state index in [1.54, 1.807) is 20.8 Å². The van der Waals surface area contributed by atoms with Crippen LogP contribution in [-0.4, -0.2) is 32.0 Å². The van der Waals surface area contributed by atoms with Gasteiger partial charge in [-0.15, -0.1) is 11.3 Å². The van der Waals surface area contributed by atoms with Gasteiger partial charge < -0.3 is 10.5 Å². The molecule has 0 unspecified atom stereocenters. The van der Waals surface area contributed by atoms with Crippen LogP contribution in [0.1, 0.15) is 44.3 Å². The van der Waals surface area contributed by atoms with Crippen molar-refractivity contribution in [3.8, 4) is 0 Å². The van der Waals surface area contributed by atoms with Crippen LogP contribution in [0.25, 0.3) is 0 Å². The van der Waals surface area contributed by atoms with Crippen LogP contribution in [0.2, 0.25) is 0 Å². The van der Waals surface area contributed by atoms with Crippen LogP contribution in [0.15, 0.2) is 10.3 Å². The highest BCUT2D eigenvalue weighted by atomic mass is 32.2. The maximum absolute atomic E-state index is 12.1. The maximum Gasteiger partial charge on any atom is 0.350 e. The molecule has 0 fully saturated rings. The fraction of sp³-hybridized carbons (Fsp3) is 0.571. The van der Waals surface area contributed by atoms with Gasteiger partial charge in [-0.25, -0.2) is 13.2 Å². The molecule has 22 heavy (non-hydrogen) atoms. The van der Waals surface area contributed by atoms with Gasteiger partial charge >= 0.3 is 5.97 Å². The lowest BCUT2D eigenvalue weighted by Crippen LogP contribution is -2.26. The van der Waals surface area contributed by atoms with Gasteiger partial charge in [-0.1, -0.05) is 20.8 Å². The molecule has 0 aliphatic heterocycles. The summed E-state index contributed by atoms with van der Waals surface area (Å²) in [5.74, 6) is -1.02. The molecule has 0 bridgehead atoms. The van der Waals surface area contributed by atoms with Gasteiger partial charge in [0.15, 0.2) is 22.2 Å². The number of carbonyl (C=O) groups excluding carboxylic acids is 2. The Morgan fingerprint density at radius 3 is 2.32 bits per heavy atom. The van der Waals surface area contributed by atoms with Gasteiger partial charge in [-0.05, 0) is 13.8 Å². The minimum absolute atomic E-state index is 0.000865. The third-order valence-corrected chi connectivity index (χ3v) is 6.39. The van der Waals surface area contributed by atoms with Crippen molar-refractivity contribution in [1.29, 1.82) is 0 Å². The zero-order valence-corrected chi connectivity index (χ0v) is 14.9. The number of esters is 1. The lowest BCUT2D eigenvalue weighted by atomic mass is 9.91. The average molecular weight is 347 g/mol. The van der Waals surface area contributed by atoms with E-state index in [0.29, 0.717) is 0 Å². The third-order valence-electron chi connectivity index (χ3n) is 3.08. The third kappa shape index (κ3) is 3.86. The molecule has 0 amide bonds. The second-order valence-electron chi connectivity index (χ2n) is 6.19. The number of ether oxygens (including phenoxy) is 1. The minimum Gasteiger partial charge on any atom is -0.453 e. The van der Waals surface area contributed by atoms with Crippen LogP contribution in [0, 0.1) is 5.41 Å². The summed E-state index contributed by atoms with van der Waals surface area (Å²) in [5, 5.41) is 0.683. The molecule has 0 radical (unpaired) electrons. The Morgan fingerprint density at radius 2 is 1.86 bits per heavy atom. The summed E-state index contributed by atoms with van der Waals surface area (Å²) in [6, 6.07) is 0. The SMILES string of the molecule is CC(C)S(=O)(=O)c1csc(C(=O)OCC(=O)C(C)(C)C)c1N. The van der Waals surface area contributed by atoms with Gasteiger partial charge in [0.05, 0.1) is 10.9 Å². The van der Waals surface area contributed by atoms with E-state index in [4.69, 9.17) is 10.5 Å². The van der Waals surface area contributed by atoms with Gasteiger partial charge in [0.2, 0.25) is 0 Å². The number of hydrogen-bond acceptors (Lipinski definition) is 7. The Kier molecular flexibility index (Phi) is 5.40. The van der Waals surface area contributed by atoms with Crippen molar-refractivity contribution in [2.75, 3.05) is 12.3 Å². The Bertz CT molecular complexity index is 681. The van der Waals surface area contributed by atoms with E-state index in [1.165, 1.54) is 19.2 Å². The number of thiophene rings is 1. The largest absolute Gasteiger partial charge is 0.453 e. The number of hydrogen-bond donors (Lipinski definition) is 1. The average Bonchev–Trinajstić information content (AvgIpc) is 2.76. The first kappa shape index (κ1) is 18.6. The predicted molar refractivity (Wildman–Crippen MR) is 85.8 cm³/mol. The van der Waals surface area contributed by atoms with Crippen molar-refractivity contribution in [1.82, 2.24) is 0 Å². The summed E-state index contributed by atoms with van der Waals surface area (Å²) in [7, 11) is -3.56. The lowest BCUT2D eigenvalue weighted by molar-refractivity contribution is -0.129. The topological polar surface area (TPSA) is 104 Å². The van der Waals surface area contributed by atoms with Crippen LogP contribution < -0.4 is 5.73 Å². The van der Waals surface area contributed by atoms with Crippen molar-refractivity contribution < 1.29 is 22.7 Å². The summed E-state index contributed by atoms with van der Waals surface area (Å²) in [4.78, 5) is 23.6. The lowest BCUT2D eigenvalue weighted by Gasteiger charge is -2.16. The highest BCUT2D eigenvalue weighted by Crippen LogP contribution is 2.32. The molecule has 6 nitrogen and oxygen atoms in total. The quantitative estimate of drug-likeness (QED) is 0.820. The Balaban J connectivity index is 2.95. The zero-order chi connectivity index (χ0) is 17.3. The Labute approximate surface area is 134 Å². The number of ketones is 1. The van der Waals surface area contributed by atoms with Crippen molar-refractivity contribution in [2.45, 2.75) is 44.8 Å². The molecule has 124 valence electrons. The van der Waals surface area contributed by atoms with E-state index in [-0.39, 0.29) is 27.9 Å². The van der Waals surface area contributed by atoms with Crippen molar-refractivity contribution in [3.05, 3.63) is 10.3 Å². The first-order chi connectivity index (χ1) is 9.89. The predicted octanol–water partition coefficient (Wildman–Crippen LogP) is 2.28. The summed E-state index contributed by atoms with van der Waals surface area (Å²) in [6.07, 6.45) is 0. The molecule has 2 N–H and O–H groups in total. The summed E-state index contributed by atoms with van der Waals surface area (Å²) in [5.41, 5.74) is 5.03.